The summed E-state index contributed by atoms with van der Waals surface area (Å²) in [4.78, 5) is 40.4. The number of likely N-dealkylation sites (N-methyl/N-ethyl adjacent to an activating group) is 1. The maximum Gasteiger partial charge on any atom is 0.238 e. The Morgan fingerprint density at radius 1 is 1.00 bits per heavy atom. The van der Waals surface area contributed by atoms with Crippen molar-refractivity contribution in [1.82, 2.24) is 0 Å². The highest BCUT2D eigenvalue weighted by atomic mass is 16.2. The monoisotopic (exact) mass is 308 g/mol. The number of imide groups is 1. The van der Waals surface area contributed by atoms with Crippen molar-refractivity contribution in [1.29, 1.82) is 0 Å². The van der Waals surface area contributed by atoms with Gasteiger partial charge < -0.3 is 4.90 Å². The van der Waals surface area contributed by atoms with E-state index in [4.69, 9.17) is 0 Å². The summed E-state index contributed by atoms with van der Waals surface area (Å²) in [5.74, 6) is -0.0495. The van der Waals surface area contributed by atoms with Crippen molar-refractivity contribution >= 4 is 29.1 Å². The lowest BCUT2D eigenvalue weighted by Crippen LogP contribution is -2.32. The molecule has 4 atom stereocenters. The summed E-state index contributed by atoms with van der Waals surface area (Å²) >= 11 is 0. The van der Waals surface area contributed by atoms with E-state index in [2.05, 4.69) is 12.2 Å². The van der Waals surface area contributed by atoms with Crippen LogP contribution in [0.25, 0.3) is 0 Å². The lowest BCUT2D eigenvalue weighted by atomic mass is 9.85. The Morgan fingerprint density at radius 3 is 2.30 bits per heavy atom. The van der Waals surface area contributed by atoms with Crippen molar-refractivity contribution in [3.05, 3.63) is 35.9 Å². The number of anilines is 2. The fourth-order valence-electron chi connectivity index (χ4n) is 4.75. The van der Waals surface area contributed by atoms with E-state index >= 15 is 0 Å². The molecule has 3 amide bonds. The molecular weight excluding hydrogens is 292 g/mol. The molecule has 0 N–H and O–H groups in total. The first-order chi connectivity index (χ1) is 11.1. The van der Waals surface area contributed by atoms with Gasteiger partial charge in [0.15, 0.2) is 0 Å². The molecule has 5 rings (SSSR count). The second-order valence-electron chi connectivity index (χ2n) is 6.95. The summed E-state index contributed by atoms with van der Waals surface area (Å²) in [5, 5.41) is 0. The zero-order valence-electron chi connectivity index (χ0n) is 12.7. The zero-order valence-corrected chi connectivity index (χ0v) is 12.7. The number of amides is 3. The van der Waals surface area contributed by atoms with Gasteiger partial charge >= 0.3 is 0 Å². The van der Waals surface area contributed by atoms with Crippen LogP contribution in [0.4, 0.5) is 11.4 Å². The Bertz CT molecular complexity index is 782. The van der Waals surface area contributed by atoms with Gasteiger partial charge in [-0.2, -0.15) is 0 Å². The molecule has 2 aliphatic carbocycles. The second-order valence-corrected chi connectivity index (χ2v) is 6.95. The molecule has 2 heterocycles. The van der Waals surface area contributed by atoms with Crippen LogP contribution in [0, 0.1) is 23.7 Å². The van der Waals surface area contributed by atoms with E-state index in [1.807, 2.05) is 12.1 Å². The standard InChI is InChI=1S/C18H16N2O3/c1-19-13-5-4-12(7-11(13)8-14(19)21)20-17(22)15-9-2-3-10(6-9)16(15)18(20)23/h2-5,7,9-10,15-16H,6,8H2,1H3. The number of hydrogen-bond donors (Lipinski definition) is 0. The Labute approximate surface area is 133 Å². The number of hydrogen-bond acceptors (Lipinski definition) is 3. The fourth-order valence-corrected chi connectivity index (χ4v) is 4.75. The van der Waals surface area contributed by atoms with Gasteiger partial charge in [-0.3, -0.25) is 19.3 Å². The van der Waals surface area contributed by atoms with E-state index in [1.54, 1.807) is 18.0 Å². The van der Waals surface area contributed by atoms with Crippen LogP contribution in [0.2, 0.25) is 0 Å². The van der Waals surface area contributed by atoms with Crippen LogP contribution in [-0.4, -0.2) is 24.8 Å². The summed E-state index contributed by atoms with van der Waals surface area (Å²) in [5.41, 5.74) is 2.35. The molecule has 0 spiro atoms. The van der Waals surface area contributed by atoms with Gasteiger partial charge in [0.1, 0.15) is 0 Å². The molecule has 1 saturated heterocycles. The molecule has 2 bridgehead atoms. The van der Waals surface area contributed by atoms with Crippen molar-refractivity contribution in [2.24, 2.45) is 23.7 Å². The Hall–Kier alpha value is -2.43. The molecule has 0 radical (unpaired) electrons. The van der Waals surface area contributed by atoms with Gasteiger partial charge in [-0.05, 0) is 42.0 Å². The van der Waals surface area contributed by atoms with Crippen LogP contribution < -0.4 is 9.80 Å². The minimum absolute atomic E-state index is 0.0374. The topological polar surface area (TPSA) is 57.7 Å². The van der Waals surface area contributed by atoms with E-state index in [1.165, 1.54) is 4.90 Å². The molecule has 1 aromatic rings. The predicted octanol–water partition coefficient (Wildman–Crippen LogP) is 1.52. The van der Waals surface area contributed by atoms with E-state index in [0.717, 1.165) is 17.7 Å². The summed E-state index contributed by atoms with van der Waals surface area (Å²) < 4.78 is 0. The smallest absolute Gasteiger partial charge is 0.238 e. The minimum Gasteiger partial charge on any atom is -0.315 e. The van der Waals surface area contributed by atoms with Crippen molar-refractivity contribution < 1.29 is 14.4 Å². The molecular formula is C18H16N2O3. The number of carbonyl (C=O) groups excluding carboxylic acids is 3. The van der Waals surface area contributed by atoms with Crippen LogP contribution in [0.1, 0.15) is 12.0 Å². The Morgan fingerprint density at radius 2 is 1.65 bits per heavy atom. The highest BCUT2D eigenvalue weighted by molar-refractivity contribution is 6.23. The quantitative estimate of drug-likeness (QED) is 0.584. The molecule has 1 aromatic carbocycles. The van der Waals surface area contributed by atoms with Crippen molar-refractivity contribution in [2.45, 2.75) is 12.8 Å². The summed E-state index contributed by atoms with van der Waals surface area (Å²) in [6.45, 7) is 0. The van der Waals surface area contributed by atoms with E-state index in [0.29, 0.717) is 12.1 Å². The van der Waals surface area contributed by atoms with Gasteiger partial charge in [0.2, 0.25) is 17.7 Å². The molecule has 4 unspecified atom stereocenters. The van der Waals surface area contributed by atoms with Crippen molar-refractivity contribution in [2.75, 3.05) is 16.8 Å². The van der Waals surface area contributed by atoms with Crippen LogP contribution in [-0.2, 0) is 20.8 Å². The molecule has 0 aromatic heterocycles. The number of benzene rings is 1. The van der Waals surface area contributed by atoms with E-state index in [-0.39, 0.29) is 41.4 Å². The fraction of sp³-hybridized carbons (Fsp3) is 0.389. The number of allylic oxidation sites excluding steroid dienone is 2. The first-order valence-electron chi connectivity index (χ1n) is 8.02. The first kappa shape index (κ1) is 13.0. The molecule has 1 saturated carbocycles. The van der Waals surface area contributed by atoms with Crippen LogP contribution in [0.15, 0.2) is 30.4 Å². The largest absolute Gasteiger partial charge is 0.315 e. The minimum atomic E-state index is -0.185. The number of fused-ring (bicyclic) bond motifs is 6. The summed E-state index contributed by atoms with van der Waals surface area (Å²) in [6, 6.07) is 5.43. The maximum atomic E-state index is 12.8. The third kappa shape index (κ3) is 1.49. The van der Waals surface area contributed by atoms with Crippen LogP contribution >= 0.6 is 0 Å². The highest BCUT2D eigenvalue weighted by Crippen LogP contribution is 2.53. The summed E-state index contributed by atoms with van der Waals surface area (Å²) in [7, 11) is 1.74. The Kier molecular flexibility index (Phi) is 2.33. The Balaban J connectivity index is 1.54. The third-order valence-corrected chi connectivity index (χ3v) is 5.87. The molecule has 2 aliphatic heterocycles. The van der Waals surface area contributed by atoms with Crippen LogP contribution in [0.5, 0.6) is 0 Å². The highest BCUT2D eigenvalue weighted by Gasteiger charge is 2.59. The third-order valence-electron chi connectivity index (χ3n) is 5.87. The van der Waals surface area contributed by atoms with E-state index < -0.39 is 0 Å². The predicted molar refractivity (Wildman–Crippen MR) is 83.8 cm³/mol. The molecule has 5 heteroatoms. The second kappa shape index (κ2) is 4.10. The lowest BCUT2D eigenvalue weighted by molar-refractivity contribution is -0.123. The average molecular weight is 308 g/mol. The number of rotatable bonds is 1. The van der Waals surface area contributed by atoms with Gasteiger partial charge in [-0.15, -0.1) is 0 Å². The van der Waals surface area contributed by atoms with Gasteiger partial charge in [-0.25, -0.2) is 0 Å². The molecule has 116 valence electrons. The first-order valence-corrected chi connectivity index (χ1v) is 8.02. The summed E-state index contributed by atoms with van der Waals surface area (Å²) in [6.07, 6.45) is 5.45. The number of nitrogens with zero attached hydrogens (tertiary/aromatic N) is 2. The van der Waals surface area contributed by atoms with Crippen molar-refractivity contribution in [3.63, 3.8) is 0 Å². The number of carbonyl (C=O) groups is 3. The van der Waals surface area contributed by atoms with Crippen LogP contribution in [0.3, 0.4) is 0 Å². The lowest BCUT2D eigenvalue weighted by Gasteiger charge is -2.18. The van der Waals surface area contributed by atoms with Gasteiger partial charge in [0, 0.05) is 12.7 Å². The van der Waals surface area contributed by atoms with Crippen molar-refractivity contribution in [3.8, 4) is 0 Å². The van der Waals surface area contributed by atoms with Gasteiger partial charge in [-0.1, -0.05) is 12.2 Å². The zero-order chi connectivity index (χ0) is 15.9. The average Bonchev–Trinajstić information content (AvgIpc) is 3.25. The molecule has 2 fully saturated rings. The molecule has 4 aliphatic rings. The van der Waals surface area contributed by atoms with Gasteiger partial charge in [0.25, 0.3) is 0 Å². The normalized spacial score (nSPS) is 33.9. The maximum absolute atomic E-state index is 12.8. The van der Waals surface area contributed by atoms with Gasteiger partial charge in [0.05, 0.1) is 23.9 Å². The molecule has 5 nitrogen and oxygen atoms in total. The SMILES string of the molecule is CN1C(=O)Cc2cc(N3C(=O)C4C5C=CC(C5)C4C3=O)ccc21. The van der Waals surface area contributed by atoms with E-state index in [9.17, 15) is 14.4 Å². The molecule has 23 heavy (non-hydrogen) atoms.